The van der Waals surface area contributed by atoms with E-state index in [1.165, 1.54) is 37.9 Å². The van der Waals surface area contributed by atoms with E-state index >= 15 is 0 Å². The van der Waals surface area contributed by atoms with Crippen molar-refractivity contribution in [2.75, 3.05) is 55.1 Å². The Morgan fingerprint density at radius 2 is 1.63 bits per heavy atom. The number of carbonyl (C=O) groups is 1. The number of rotatable bonds is 17. The zero-order valence-corrected chi connectivity index (χ0v) is 46.9. The largest absolute Gasteiger partial charge is 0.459 e. The summed E-state index contributed by atoms with van der Waals surface area (Å²) in [6.45, 7) is 18.7. The summed E-state index contributed by atoms with van der Waals surface area (Å²) in [7, 11) is 4.67. The minimum atomic E-state index is -3.66. The second kappa shape index (κ2) is 25.6. The van der Waals surface area contributed by atoms with E-state index < -0.39 is 106 Å². The molecule has 21 heteroatoms. The molecule has 418 valence electrons. The molecule has 3 aliphatic rings. The Balaban J connectivity index is 1.40. The molecule has 5 rings (SSSR count). The molecule has 0 amide bonds. The summed E-state index contributed by atoms with van der Waals surface area (Å²) in [5.74, 6) is -2.42. The zero-order chi connectivity index (χ0) is 54.4. The number of aliphatic hydroxyl groups is 3. The number of benzene rings is 1. The predicted octanol–water partition coefficient (Wildman–Crippen LogP) is 4.97. The third-order valence-corrected chi connectivity index (χ3v) is 17.3. The molecule has 0 saturated carbocycles. The van der Waals surface area contributed by atoms with E-state index in [0.29, 0.717) is 56.5 Å². The average molecular weight is 1060 g/mol. The first-order valence-corrected chi connectivity index (χ1v) is 27.6. The van der Waals surface area contributed by atoms with Gasteiger partial charge in [0, 0.05) is 77.2 Å². The van der Waals surface area contributed by atoms with Crippen LogP contribution in [0.1, 0.15) is 131 Å². The topological polar surface area (TPSA) is 226 Å². The van der Waals surface area contributed by atoms with E-state index in [9.17, 15) is 32.9 Å². The fourth-order valence-electron chi connectivity index (χ4n) is 11.5. The maximum absolute atomic E-state index is 14.8. The van der Waals surface area contributed by atoms with E-state index in [2.05, 4.69) is 19.9 Å². The van der Waals surface area contributed by atoms with Gasteiger partial charge in [-0.1, -0.05) is 38.1 Å². The number of nitrogens with one attached hydrogen (secondary N) is 1. The van der Waals surface area contributed by atoms with E-state index in [0.717, 1.165) is 0 Å². The lowest BCUT2D eigenvalue weighted by Gasteiger charge is -2.47. The average Bonchev–Trinajstić information content (AvgIpc) is 3.81. The van der Waals surface area contributed by atoms with Crippen molar-refractivity contribution in [1.82, 2.24) is 29.5 Å². The van der Waals surface area contributed by atoms with E-state index in [4.69, 9.17) is 33.2 Å². The molecule has 0 aliphatic carbocycles. The highest BCUT2D eigenvalue weighted by Crippen LogP contribution is 2.40. The van der Waals surface area contributed by atoms with Crippen LogP contribution in [0.5, 0.6) is 0 Å². The van der Waals surface area contributed by atoms with E-state index in [1.807, 2.05) is 60.5 Å². The van der Waals surface area contributed by atoms with Crippen molar-refractivity contribution >= 4 is 16.0 Å². The standard InChI is InChI=1S/C52H89FN6O13S/c1-16-42-52(10,63)47(60)36(7)58(13)29-31(2)25-51(9,62)48(34(5)45(35(6)49(61)70-42)71-44-27-50(8,67-15)26-33(4)69-44)72-43-24-39(23-32(3)68-43)57(12)22-21-38-30-59(56-55-38)41(28-53)46(66-14)37-17-19-40(20-18-37)73(64,65)54-11/h17-20,30-36,39,41-48,54,60,62-63H,16,21-29H2,1-15H3/t31-,32-,33+,34+,35-,36-,39+,41-,42-,43+,44+,45+,46-,47-,48-,50+,51-,52-/m1/s1. The molecule has 0 spiro atoms. The molecule has 4 N–H and O–H groups in total. The molecule has 3 fully saturated rings. The number of alkyl halides is 1. The van der Waals surface area contributed by atoms with Crippen molar-refractivity contribution < 1.29 is 66.1 Å². The summed E-state index contributed by atoms with van der Waals surface area (Å²) in [5.41, 5.74) is -2.66. The molecule has 2 aromatic rings. The number of methoxy groups -OCH3 is 2. The third kappa shape index (κ3) is 15.0. The van der Waals surface area contributed by atoms with Gasteiger partial charge in [-0.2, -0.15) is 0 Å². The second-order valence-electron chi connectivity index (χ2n) is 22.2. The van der Waals surface area contributed by atoms with Crippen LogP contribution in [-0.4, -0.2) is 188 Å². The number of hydrogen-bond acceptors (Lipinski definition) is 17. The van der Waals surface area contributed by atoms with E-state index in [1.54, 1.807) is 46.2 Å². The van der Waals surface area contributed by atoms with Crippen molar-refractivity contribution in [1.29, 1.82) is 0 Å². The summed E-state index contributed by atoms with van der Waals surface area (Å²) < 4.78 is 87.9. The number of hydrogen-bond donors (Lipinski definition) is 4. The number of sulfonamides is 1. The van der Waals surface area contributed by atoms with Gasteiger partial charge >= 0.3 is 5.97 Å². The molecular formula is C52H89FN6O13S. The lowest BCUT2D eigenvalue weighted by atomic mass is 9.77. The molecule has 1 aromatic carbocycles. The summed E-state index contributed by atoms with van der Waals surface area (Å²) in [6, 6.07) is 4.65. The Labute approximate surface area is 434 Å². The number of likely N-dealkylation sites (N-methyl/N-ethyl adjacent to an activating group) is 2. The number of esters is 1. The van der Waals surface area contributed by atoms with Crippen LogP contribution in [-0.2, 0) is 54.4 Å². The number of halogens is 1. The molecule has 19 nitrogen and oxygen atoms in total. The Hall–Kier alpha value is -2.77. The first kappa shape index (κ1) is 61.1. The first-order valence-electron chi connectivity index (χ1n) is 26.1. The monoisotopic (exact) mass is 1060 g/mol. The van der Waals surface area contributed by atoms with Gasteiger partial charge in [0.05, 0.1) is 52.1 Å². The fourth-order valence-corrected chi connectivity index (χ4v) is 12.2. The molecule has 4 heterocycles. The molecular weight excluding hydrogens is 968 g/mol. The molecule has 3 aliphatic heterocycles. The third-order valence-electron chi connectivity index (χ3n) is 15.9. The normalized spacial score (nSPS) is 37.8. The van der Waals surface area contributed by atoms with Gasteiger partial charge in [0.25, 0.3) is 0 Å². The molecule has 18 atom stereocenters. The highest BCUT2D eigenvalue weighted by Gasteiger charge is 2.51. The minimum absolute atomic E-state index is 0.0264. The number of carbonyl (C=O) groups excluding carboxylic acids is 1. The van der Waals surface area contributed by atoms with Crippen molar-refractivity contribution in [2.24, 2.45) is 17.8 Å². The Bertz CT molecular complexity index is 2160. The van der Waals surface area contributed by atoms with Crippen molar-refractivity contribution in [3.63, 3.8) is 0 Å². The number of aliphatic hydroxyl groups excluding tert-OH is 1. The predicted molar refractivity (Wildman–Crippen MR) is 272 cm³/mol. The Morgan fingerprint density at radius 3 is 2.23 bits per heavy atom. The molecule has 1 aromatic heterocycles. The molecule has 0 bridgehead atoms. The Kier molecular flexibility index (Phi) is 21.4. The summed E-state index contributed by atoms with van der Waals surface area (Å²) in [6.07, 6.45) is -2.20. The smallest absolute Gasteiger partial charge is 0.311 e. The van der Waals surface area contributed by atoms with Crippen LogP contribution in [0.2, 0.25) is 0 Å². The molecule has 0 radical (unpaired) electrons. The zero-order valence-electron chi connectivity index (χ0n) is 46.1. The highest BCUT2D eigenvalue weighted by molar-refractivity contribution is 7.89. The first-order chi connectivity index (χ1) is 34.1. The van der Waals surface area contributed by atoms with Gasteiger partial charge in [-0.25, -0.2) is 22.2 Å². The number of ether oxygens (including phenoxy) is 7. The van der Waals surface area contributed by atoms with Crippen LogP contribution < -0.4 is 4.72 Å². The number of cyclic esters (lactones) is 1. The van der Waals surface area contributed by atoms with Crippen molar-refractivity contribution in [3.05, 3.63) is 41.7 Å². The van der Waals surface area contributed by atoms with Gasteiger partial charge < -0.3 is 58.3 Å². The van der Waals surface area contributed by atoms with Crippen molar-refractivity contribution in [2.45, 2.75) is 209 Å². The highest BCUT2D eigenvalue weighted by atomic mass is 32.2. The number of aromatic nitrogens is 3. The summed E-state index contributed by atoms with van der Waals surface area (Å²) >= 11 is 0. The SMILES string of the molecule is CC[C@H]1OC(=O)[C@H](C)[C@@H](O[C@H]2C[C@@](C)(OC)C[C@H](C)O2)[C@H](C)[C@@H](O[C@H]2C[C@@H](N(C)CCc3cn([C@H](CF)[C@H](OC)c4ccc(S(=O)(=O)NC)cc4)nn3)C[C@@H](C)O2)[C@](C)(O)C[C@@H](C)CN(C)[C@H](C)[C@@H](O)[C@]1(C)O. The minimum Gasteiger partial charge on any atom is -0.459 e. The quantitative estimate of drug-likeness (QED) is 0.154. The summed E-state index contributed by atoms with van der Waals surface area (Å²) in [5, 5.41) is 45.1. The number of nitrogens with zero attached hydrogens (tertiary/aromatic N) is 5. The van der Waals surface area contributed by atoms with Gasteiger partial charge in [-0.05, 0) is 112 Å². The molecule has 73 heavy (non-hydrogen) atoms. The van der Waals surface area contributed by atoms with Gasteiger partial charge in [-0.3, -0.25) is 4.79 Å². The fraction of sp³-hybridized carbons (Fsp3) is 0.827. The van der Waals surface area contributed by atoms with Crippen LogP contribution in [0, 0.1) is 17.8 Å². The van der Waals surface area contributed by atoms with Gasteiger partial charge in [0.2, 0.25) is 10.0 Å². The van der Waals surface area contributed by atoms with Crippen LogP contribution in [0.25, 0.3) is 0 Å². The maximum atomic E-state index is 14.8. The van der Waals surface area contributed by atoms with E-state index in [-0.39, 0.29) is 41.9 Å². The molecule has 3 saturated heterocycles. The van der Waals surface area contributed by atoms with Crippen molar-refractivity contribution in [3.8, 4) is 0 Å². The van der Waals surface area contributed by atoms with Gasteiger partial charge in [-0.15, -0.1) is 5.10 Å². The molecule has 0 unspecified atom stereocenters. The van der Waals surface area contributed by atoms with Crippen LogP contribution >= 0.6 is 0 Å². The summed E-state index contributed by atoms with van der Waals surface area (Å²) in [4.78, 5) is 18.7. The van der Waals surface area contributed by atoms with Gasteiger partial charge in [0.15, 0.2) is 12.6 Å². The Morgan fingerprint density at radius 1 is 0.973 bits per heavy atom. The lowest BCUT2D eigenvalue weighted by molar-refractivity contribution is -0.292. The van der Waals surface area contributed by atoms with Crippen LogP contribution in [0.15, 0.2) is 35.4 Å². The second-order valence-corrected chi connectivity index (χ2v) is 24.1. The van der Waals surface area contributed by atoms with Gasteiger partial charge in [0.1, 0.15) is 36.6 Å². The maximum Gasteiger partial charge on any atom is 0.311 e. The van der Waals surface area contributed by atoms with Crippen LogP contribution in [0.4, 0.5) is 4.39 Å². The van der Waals surface area contributed by atoms with Crippen LogP contribution in [0.3, 0.4) is 0 Å². The lowest BCUT2D eigenvalue weighted by Crippen LogP contribution is -2.59.